The number of hydrogen-bond acceptors (Lipinski definition) is 4. The van der Waals surface area contributed by atoms with Gasteiger partial charge in [0.25, 0.3) is 0 Å². The normalized spacial score (nSPS) is 11.3. The minimum Gasteiger partial charge on any atom is -0.508 e. The first-order valence-electron chi connectivity index (χ1n) is 10.8. The predicted molar refractivity (Wildman–Crippen MR) is 141 cm³/mol. The number of aliphatic imine (C=N–C) groups is 1. The molecule has 0 fully saturated rings. The molecule has 0 bridgehead atoms. The Balaban J connectivity index is 1.72. The minimum absolute atomic E-state index is 0.249. The summed E-state index contributed by atoms with van der Waals surface area (Å²) >= 11 is 7.71. The number of benzene rings is 4. The van der Waals surface area contributed by atoms with Gasteiger partial charge in [-0.15, -0.1) is 0 Å². The van der Waals surface area contributed by atoms with E-state index in [0.717, 1.165) is 32.6 Å². The standard InChI is InChI=1S/C28H25ClN2O2S/c1-33-26-17-9-22(10-18-26)20-31(19-21-7-15-25(32)16-8-21)28(34-27-5-3-2-4-6-27)30-24-13-11-23(29)12-14-24/h2-18,32H,19-20H2,1H3. The number of aromatic hydroxyl groups is 1. The number of methoxy groups -OCH3 is 1. The Kier molecular flexibility index (Phi) is 8.12. The maximum Gasteiger partial charge on any atom is 0.169 e. The zero-order chi connectivity index (χ0) is 23.8. The molecule has 0 saturated heterocycles. The van der Waals surface area contributed by atoms with Crippen molar-refractivity contribution in [1.82, 2.24) is 4.90 Å². The van der Waals surface area contributed by atoms with Crippen molar-refractivity contribution in [2.75, 3.05) is 7.11 Å². The van der Waals surface area contributed by atoms with E-state index < -0.39 is 0 Å². The fraction of sp³-hybridized carbons (Fsp3) is 0.107. The van der Waals surface area contributed by atoms with Crippen molar-refractivity contribution in [3.05, 3.63) is 119 Å². The number of phenols is 1. The van der Waals surface area contributed by atoms with E-state index in [1.165, 1.54) is 0 Å². The summed E-state index contributed by atoms with van der Waals surface area (Å²) in [7, 11) is 1.67. The molecular formula is C28H25ClN2O2S. The molecule has 0 aliphatic heterocycles. The second kappa shape index (κ2) is 11.6. The second-order valence-corrected chi connectivity index (χ2v) is 9.13. The van der Waals surface area contributed by atoms with Crippen LogP contribution in [0, 0.1) is 0 Å². The van der Waals surface area contributed by atoms with Crippen LogP contribution >= 0.6 is 23.4 Å². The van der Waals surface area contributed by atoms with E-state index in [2.05, 4.69) is 29.2 Å². The van der Waals surface area contributed by atoms with Gasteiger partial charge in [-0.1, -0.05) is 65.8 Å². The van der Waals surface area contributed by atoms with Gasteiger partial charge in [-0.25, -0.2) is 4.99 Å². The lowest BCUT2D eigenvalue weighted by molar-refractivity contribution is 0.408. The van der Waals surface area contributed by atoms with E-state index >= 15 is 0 Å². The minimum atomic E-state index is 0.249. The highest BCUT2D eigenvalue weighted by Crippen LogP contribution is 2.28. The summed E-state index contributed by atoms with van der Waals surface area (Å²) in [6, 6.07) is 33.1. The van der Waals surface area contributed by atoms with Crippen molar-refractivity contribution in [3.63, 3.8) is 0 Å². The quantitative estimate of drug-likeness (QED) is 0.166. The summed E-state index contributed by atoms with van der Waals surface area (Å²) in [5, 5.41) is 11.3. The third-order valence-corrected chi connectivity index (χ3v) is 6.41. The van der Waals surface area contributed by atoms with E-state index in [1.54, 1.807) is 31.0 Å². The highest BCUT2D eigenvalue weighted by molar-refractivity contribution is 8.13. The third-order valence-electron chi connectivity index (χ3n) is 5.12. The summed E-state index contributed by atoms with van der Waals surface area (Å²) in [5.74, 6) is 1.07. The average Bonchev–Trinajstić information content (AvgIpc) is 2.87. The molecule has 0 heterocycles. The Labute approximate surface area is 209 Å². The average molecular weight is 489 g/mol. The summed E-state index contributed by atoms with van der Waals surface area (Å²) in [4.78, 5) is 8.35. The molecule has 0 saturated carbocycles. The lowest BCUT2D eigenvalue weighted by Crippen LogP contribution is -2.28. The van der Waals surface area contributed by atoms with Gasteiger partial charge in [0.15, 0.2) is 5.17 Å². The molecule has 0 aliphatic carbocycles. The molecule has 4 aromatic carbocycles. The van der Waals surface area contributed by atoms with Crippen molar-refractivity contribution >= 4 is 34.2 Å². The van der Waals surface area contributed by atoms with Gasteiger partial charge in [-0.2, -0.15) is 0 Å². The van der Waals surface area contributed by atoms with E-state index in [9.17, 15) is 5.11 Å². The smallest absolute Gasteiger partial charge is 0.169 e. The molecule has 0 amide bonds. The van der Waals surface area contributed by atoms with E-state index in [4.69, 9.17) is 21.3 Å². The molecule has 4 rings (SSSR count). The van der Waals surface area contributed by atoms with Crippen LogP contribution in [-0.4, -0.2) is 22.3 Å². The van der Waals surface area contributed by atoms with Crippen molar-refractivity contribution in [2.24, 2.45) is 4.99 Å². The molecule has 0 atom stereocenters. The monoisotopic (exact) mass is 488 g/mol. The summed E-state index contributed by atoms with van der Waals surface area (Å²) < 4.78 is 5.32. The molecule has 0 unspecified atom stereocenters. The molecule has 0 radical (unpaired) electrons. The lowest BCUT2D eigenvalue weighted by atomic mass is 10.1. The molecule has 0 spiro atoms. The zero-order valence-corrected chi connectivity index (χ0v) is 20.3. The molecule has 172 valence electrons. The number of halogens is 1. The fourth-order valence-electron chi connectivity index (χ4n) is 3.34. The van der Waals surface area contributed by atoms with Gasteiger partial charge in [0.05, 0.1) is 12.8 Å². The molecular weight excluding hydrogens is 464 g/mol. The predicted octanol–water partition coefficient (Wildman–Crippen LogP) is 7.54. The van der Waals surface area contributed by atoms with Gasteiger partial charge in [0.2, 0.25) is 0 Å². The first kappa shape index (κ1) is 23.7. The molecule has 1 N–H and O–H groups in total. The van der Waals surface area contributed by atoms with Crippen LogP contribution in [0.1, 0.15) is 11.1 Å². The fourth-order valence-corrected chi connectivity index (χ4v) is 4.38. The van der Waals surface area contributed by atoms with Crippen molar-refractivity contribution in [2.45, 2.75) is 18.0 Å². The number of amidine groups is 1. The van der Waals surface area contributed by atoms with Crippen LogP contribution in [0.2, 0.25) is 5.02 Å². The molecule has 0 aromatic heterocycles. The number of phenolic OH excluding ortho intramolecular Hbond substituents is 1. The zero-order valence-electron chi connectivity index (χ0n) is 18.8. The maximum atomic E-state index is 9.73. The van der Waals surface area contributed by atoms with Crippen LogP contribution in [0.25, 0.3) is 0 Å². The number of ether oxygens (including phenoxy) is 1. The van der Waals surface area contributed by atoms with Gasteiger partial charge >= 0.3 is 0 Å². The molecule has 0 aliphatic rings. The molecule has 6 heteroatoms. The third kappa shape index (κ3) is 6.80. The van der Waals surface area contributed by atoms with Gasteiger partial charge in [-0.3, -0.25) is 0 Å². The van der Waals surface area contributed by atoms with Crippen molar-refractivity contribution < 1.29 is 9.84 Å². The van der Waals surface area contributed by atoms with Crippen LogP contribution in [0.3, 0.4) is 0 Å². The Bertz CT molecular complexity index is 1210. The molecule has 4 aromatic rings. The lowest BCUT2D eigenvalue weighted by Gasteiger charge is -2.26. The van der Waals surface area contributed by atoms with Crippen molar-refractivity contribution in [1.29, 1.82) is 0 Å². The first-order valence-corrected chi connectivity index (χ1v) is 12.0. The van der Waals surface area contributed by atoms with Crippen LogP contribution in [0.5, 0.6) is 11.5 Å². The highest BCUT2D eigenvalue weighted by Gasteiger charge is 2.16. The topological polar surface area (TPSA) is 45.1 Å². The Morgan fingerprint density at radius 3 is 2.00 bits per heavy atom. The van der Waals surface area contributed by atoms with Gasteiger partial charge in [0, 0.05) is 23.0 Å². The largest absolute Gasteiger partial charge is 0.508 e. The Morgan fingerprint density at radius 2 is 1.41 bits per heavy atom. The molecule has 34 heavy (non-hydrogen) atoms. The highest BCUT2D eigenvalue weighted by atomic mass is 35.5. The summed E-state index contributed by atoms with van der Waals surface area (Å²) in [6.07, 6.45) is 0. The number of nitrogens with zero attached hydrogens (tertiary/aromatic N) is 2. The van der Waals surface area contributed by atoms with Crippen LogP contribution in [0.15, 0.2) is 113 Å². The Morgan fingerprint density at radius 1 is 0.824 bits per heavy atom. The second-order valence-electron chi connectivity index (χ2n) is 7.66. The van der Waals surface area contributed by atoms with E-state index in [1.807, 2.05) is 66.7 Å². The van der Waals surface area contributed by atoms with Gasteiger partial charge in [-0.05, 0) is 71.8 Å². The maximum absolute atomic E-state index is 9.73. The van der Waals surface area contributed by atoms with E-state index in [-0.39, 0.29) is 5.75 Å². The van der Waals surface area contributed by atoms with E-state index in [0.29, 0.717) is 18.1 Å². The number of rotatable bonds is 7. The summed E-state index contributed by atoms with van der Waals surface area (Å²) in [5.41, 5.74) is 3.04. The van der Waals surface area contributed by atoms with Crippen LogP contribution in [0.4, 0.5) is 5.69 Å². The first-order chi connectivity index (χ1) is 16.6. The van der Waals surface area contributed by atoms with Crippen LogP contribution < -0.4 is 4.74 Å². The Hall–Kier alpha value is -3.41. The van der Waals surface area contributed by atoms with Crippen LogP contribution in [-0.2, 0) is 13.1 Å². The van der Waals surface area contributed by atoms with Crippen molar-refractivity contribution in [3.8, 4) is 11.5 Å². The molecule has 4 nitrogen and oxygen atoms in total. The number of thioether (sulfide) groups is 1. The van der Waals surface area contributed by atoms with Gasteiger partial charge in [0.1, 0.15) is 11.5 Å². The SMILES string of the molecule is COc1ccc(CN(Cc2ccc(O)cc2)C(=Nc2ccc(Cl)cc2)Sc2ccccc2)cc1. The summed E-state index contributed by atoms with van der Waals surface area (Å²) in [6.45, 7) is 1.27. The number of hydrogen-bond donors (Lipinski definition) is 1. The van der Waals surface area contributed by atoms with Gasteiger partial charge < -0.3 is 14.7 Å².